The predicted molar refractivity (Wildman–Crippen MR) is 94.2 cm³/mol. The number of rotatable bonds is 5. The van der Waals surface area contributed by atoms with Crippen LogP contribution in [0.3, 0.4) is 0 Å². The number of nitrogens with zero attached hydrogens (tertiary/aromatic N) is 2. The third kappa shape index (κ3) is 4.76. The van der Waals surface area contributed by atoms with Gasteiger partial charge in [0.05, 0.1) is 12.3 Å². The van der Waals surface area contributed by atoms with Gasteiger partial charge in [-0.15, -0.1) is 0 Å². The van der Waals surface area contributed by atoms with Crippen LogP contribution in [-0.4, -0.2) is 40.5 Å². The molecule has 6 heteroatoms. The van der Waals surface area contributed by atoms with E-state index in [4.69, 9.17) is 4.74 Å². The van der Waals surface area contributed by atoms with E-state index in [-0.39, 0.29) is 24.0 Å². The zero-order valence-electron chi connectivity index (χ0n) is 14.4. The maximum Gasteiger partial charge on any atom is 0.251 e. The lowest BCUT2D eigenvalue weighted by Crippen LogP contribution is -2.41. The summed E-state index contributed by atoms with van der Waals surface area (Å²) in [4.78, 5) is 33.0. The molecular weight excluding hydrogens is 318 g/mol. The van der Waals surface area contributed by atoms with Crippen molar-refractivity contribution < 1.29 is 9.53 Å². The van der Waals surface area contributed by atoms with Gasteiger partial charge < -0.3 is 14.6 Å². The van der Waals surface area contributed by atoms with Gasteiger partial charge in [0.1, 0.15) is 12.4 Å². The number of carbonyl (C=O) groups excluding carboxylic acids is 1. The van der Waals surface area contributed by atoms with E-state index in [1.807, 2.05) is 35.2 Å². The van der Waals surface area contributed by atoms with Gasteiger partial charge in [0, 0.05) is 25.1 Å². The Morgan fingerprint density at radius 3 is 2.92 bits per heavy atom. The number of benzene rings is 1. The molecule has 0 radical (unpaired) electrons. The Morgan fingerprint density at radius 2 is 2.16 bits per heavy atom. The van der Waals surface area contributed by atoms with Gasteiger partial charge in [-0.05, 0) is 25.3 Å². The fourth-order valence-electron chi connectivity index (χ4n) is 3.18. The standard InChI is InChI=1S/C19H23N3O3/c1-14-20-17(10-18(23)21-14)16-8-5-9-22(11-16)19(24)13-25-12-15-6-3-2-4-7-15/h2-4,6-7,10,16H,5,8-9,11-13H2,1H3,(H,20,21,23)/t16-/m1/s1. The molecule has 1 saturated heterocycles. The van der Waals surface area contributed by atoms with E-state index in [1.165, 1.54) is 6.07 Å². The molecule has 0 spiro atoms. The fourth-order valence-corrected chi connectivity index (χ4v) is 3.18. The number of aromatic nitrogens is 2. The number of hydrogen-bond donors (Lipinski definition) is 1. The minimum Gasteiger partial charge on any atom is -0.367 e. The van der Waals surface area contributed by atoms with Gasteiger partial charge in [-0.1, -0.05) is 30.3 Å². The van der Waals surface area contributed by atoms with Crippen LogP contribution in [0.1, 0.15) is 35.8 Å². The summed E-state index contributed by atoms with van der Waals surface area (Å²) < 4.78 is 5.55. The molecule has 1 N–H and O–H groups in total. The summed E-state index contributed by atoms with van der Waals surface area (Å²) in [5.41, 5.74) is 1.68. The smallest absolute Gasteiger partial charge is 0.251 e. The van der Waals surface area contributed by atoms with Crippen molar-refractivity contribution >= 4 is 5.91 Å². The van der Waals surface area contributed by atoms with E-state index in [1.54, 1.807) is 6.92 Å². The average molecular weight is 341 g/mol. The van der Waals surface area contributed by atoms with Crippen LogP contribution in [0.4, 0.5) is 0 Å². The Bertz CT molecular complexity index is 773. The largest absolute Gasteiger partial charge is 0.367 e. The Hall–Kier alpha value is -2.47. The van der Waals surface area contributed by atoms with Gasteiger partial charge in [-0.2, -0.15) is 0 Å². The first-order valence-electron chi connectivity index (χ1n) is 8.59. The number of likely N-dealkylation sites (tertiary alicyclic amines) is 1. The number of aryl methyl sites for hydroxylation is 1. The van der Waals surface area contributed by atoms with E-state index in [0.717, 1.165) is 30.6 Å². The average Bonchev–Trinajstić information content (AvgIpc) is 2.62. The molecule has 1 aliphatic heterocycles. The lowest BCUT2D eigenvalue weighted by Gasteiger charge is -2.32. The van der Waals surface area contributed by atoms with E-state index in [2.05, 4.69) is 9.97 Å². The molecule has 3 rings (SSSR count). The van der Waals surface area contributed by atoms with Gasteiger partial charge in [0.25, 0.3) is 5.56 Å². The molecule has 2 heterocycles. The van der Waals surface area contributed by atoms with Gasteiger partial charge in [0.2, 0.25) is 5.91 Å². The second kappa shape index (κ2) is 8.07. The van der Waals surface area contributed by atoms with Crippen molar-refractivity contribution in [3.8, 4) is 0 Å². The predicted octanol–water partition coefficient (Wildman–Crippen LogP) is 2.00. The Morgan fingerprint density at radius 1 is 1.36 bits per heavy atom. The lowest BCUT2D eigenvalue weighted by molar-refractivity contribution is -0.137. The molecule has 25 heavy (non-hydrogen) atoms. The van der Waals surface area contributed by atoms with Crippen LogP contribution < -0.4 is 5.56 Å². The van der Waals surface area contributed by atoms with Crippen LogP contribution in [0, 0.1) is 6.92 Å². The van der Waals surface area contributed by atoms with Crippen molar-refractivity contribution in [3.63, 3.8) is 0 Å². The maximum atomic E-state index is 12.4. The van der Waals surface area contributed by atoms with Gasteiger partial charge >= 0.3 is 0 Å². The van der Waals surface area contributed by atoms with Crippen LogP contribution in [0.5, 0.6) is 0 Å². The van der Waals surface area contributed by atoms with Crippen molar-refractivity contribution in [2.45, 2.75) is 32.3 Å². The lowest BCUT2D eigenvalue weighted by atomic mass is 9.94. The van der Waals surface area contributed by atoms with Crippen LogP contribution in [0.25, 0.3) is 0 Å². The quantitative estimate of drug-likeness (QED) is 0.902. The second-order valence-corrected chi connectivity index (χ2v) is 6.41. The molecule has 2 aromatic rings. The first-order chi connectivity index (χ1) is 12.1. The van der Waals surface area contributed by atoms with E-state index < -0.39 is 0 Å². The van der Waals surface area contributed by atoms with Crippen LogP contribution in [0.15, 0.2) is 41.2 Å². The number of hydrogen-bond acceptors (Lipinski definition) is 4. The zero-order valence-corrected chi connectivity index (χ0v) is 14.4. The highest BCUT2D eigenvalue weighted by molar-refractivity contribution is 5.77. The zero-order chi connectivity index (χ0) is 17.6. The number of nitrogens with one attached hydrogen (secondary N) is 1. The molecule has 1 atom stereocenters. The van der Waals surface area contributed by atoms with Crippen molar-refractivity contribution in [1.82, 2.24) is 14.9 Å². The minimum absolute atomic E-state index is 0.0119. The molecule has 1 aliphatic rings. The van der Waals surface area contributed by atoms with E-state index >= 15 is 0 Å². The molecule has 0 bridgehead atoms. The Labute approximate surface area is 146 Å². The van der Waals surface area contributed by atoms with E-state index in [9.17, 15) is 9.59 Å². The number of aromatic amines is 1. The summed E-state index contributed by atoms with van der Waals surface area (Å²) >= 11 is 0. The molecule has 132 valence electrons. The third-order valence-electron chi connectivity index (χ3n) is 4.41. The first-order valence-corrected chi connectivity index (χ1v) is 8.59. The van der Waals surface area contributed by atoms with Crippen molar-refractivity contribution in [2.75, 3.05) is 19.7 Å². The summed E-state index contributed by atoms with van der Waals surface area (Å²) in [5, 5.41) is 0. The summed E-state index contributed by atoms with van der Waals surface area (Å²) in [6.45, 7) is 3.59. The highest BCUT2D eigenvalue weighted by Gasteiger charge is 2.26. The molecule has 1 aromatic carbocycles. The molecule has 0 saturated carbocycles. The van der Waals surface area contributed by atoms with Crippen molar-refractivity contribution in [2.24, 2.45) is 0 Å². The van der Waals surface area contributed by atoms with Gasteiger partial charge in [0.15, 0.2) is 0 Å². The first kappa shape index (κ1) is 17.4. The Balaban J connectivity index is 1.55. The number of amides is 1. The number of piperidine rings is 1. The summed E-state index contributed by atoms with van der Waals surface area (Å²) in [6, 6.07) is 11.3. The normalized spacial score (nSPS) is 17.5. The Kier molecular flexibility index (Phi) is 5.60. The molecular formula is C19H23N3O3. The number of carbonyl (C=O) groups is 1. The van der Waals surface area contributed by atoms with Crippen molar-refractivity contribution in [3.05, 3.63) is 63.8 Å². The summed E-state index contributed by atoms with van der Waals surface area (Å²) in [5.74, 6) is 0.701. The molecule has 0 unspecified atom stereocenters. The minimum atomic E-state index is -0.142. The van der Waals surface area contributed by atoms with Gasteiger partial charge in [-0.25, -0.2) is 4.98 Å². The van der Waals surface area contributed by atoms with Crippen molar-refractivity contribution in [1.29, 1.82) is 0 Å². The third-order valence-corrected chi connectivity index (χ3v) is 4.41. The SMILES string of the molecule is Cc1nc([C@@H]2CCCN(C(=O)COCc3ccccc3)C2)cc(=O)[nH]1. The highest BCUT2D eigenvalue weighted by atomic mass is 16.5. The van der Waals surface area contributed by atoms with E-state index in [0.29, 0.717) is 19.0 Å². The van der Waals surface area contributed by atoms with Gasteiger partial charge in [-0.3, -0.25) is 9.59 Å². The number of H-pyrrole nitrogens is 1. The molecule has 6 nitrogen and oxygen atoms in total. The summed E-state index contributed by atoms with van der Waals surface area (Å²) in [6.07, 6.45) is 1.84. The number of ether oxygens (including phenoxy) is 1. The molecule has 1 aromatic heterocycles. The highest BCUT2D eigenvalue weighted by Crippen LogP contribution is 2.25. The second-order valence-electron chi connectivity index (χ2n) is 6.41. The molecule has 1 amide bonds. The van der Waals surface area contributed by atoms with Crippen LogP contribution >= 0.6 is 0 Å². The van der Waals surface area contributed by atoms with Crippen LogP contribution in [-0.2, 0) is 16.1 Å². The maximum absolute atomic E-state index is 12.4. The fraction of sp³-hybridized carbons (Fsp3) is 0.421. The topological polar surface area (TPSA) is 75.3 Å². The molecule has 1 fully saturated rings. The van der Waals surface area contributed by atoms with Crippen LogP contribution in [0.2, 0.25) is 0 Å². The summed E-state index contributed by atoms with van der Waals surface area (Å²) in [7, 11) is 0. The molecule has 0 aliphatic carbocycles. The monoisotopic (exact) mass is 341 g/mol.